The normalized spacial score (nSPS) is 11.0. The van der Waals surface area contributed by atoms with E-state index in [9.17, 15) is 5.11 Å². The molecule has 0 aliphatic rings. The highest BCUT2D eigenvalue weighted by atomic mass is 32.1. The second-order valence-corrected chi connectivity index (χ2v) is 3.72. The molecular weight excluding hydrogens is 228 g/mol. The maximum atomic E-state index is 9.24. The van der Waals surface area contributed by atoms with Gasteiger partial charge in [-0.15, -0.1) is 4.37 Å². The molecule has 0 fully saturated rings. The number of rotatable bonds is 2. The molecule has 0 atom stereocenters. The minimum Gasteiger partial charge on any atom is -0.504 e. The molecule has 2 aromatic rings. The number of benzene rings is 1. The zero-order valence-corrected chi connectivity index (χ0v) is 8.85. The monoisotopic (exact) mass is 236 g/mol. The molecule has 4 N–H and O–H groups in total. The van der Waals surface area contributed by atoms with Gasteiger partial charge in [0.05, 0.1) is 0 Å². The lowest BCUT2D eigenvalue weighted by Crippen LogP contribution is -1.82. The highest BCUT2D eigenvalue weighted by Crippen LogP contribution is 2.24. The topological polar surface area (TPSA) is 105 Å². The Hall–Kier alpha value is -2.15. The molecule has 16 heavy (non-hydrogen) atoms. The van der Waals surface area contributed by atoms with Crippen LogP contribution in [0.1, 0.15) is 5.56 Å². The van der Waals surface area contributed by atoms with E-state index in [0.717, 1.165) is 11.5 Å². The first-order valence-electron chi connectivity index (χ1n) is 4.30. The zero-order valence-electron chi connectivity index (χ0n) is 8.03. The number of hydrogen-bond donors (Lipinski definition) is 3. The van der Waals surface area contributed by atoms with Crippen molar-refractivity contribution in [3.05, 3.63) is 23.8 Å². The van der Waals surface area contributed by atoms with E-state index < -0.39 is 0 Å². The van der Waals surface area contributed by atoms with Crippen LogP contribution in [0.3, 0.4) is 0 Å². The van der Waals surface area contributed by atoms with E-state index in [0.29, 0.717) is 10.7 Å². The fourth-order valence-electron chi connectivity index (χ4n) is 1.03. The number of aliphatic imine (C=N–C) groups is 1. The lowest BCUT2D eigenvalue weighted by molar-refractivity contribution is 0.403. The number of aromatic hydroxyl groups is 2. The Labute approximate surface area is 94.9 Å². The van der Waals surface area contributed by atoms with Crippen molar-refractivity contribution in [1.82, 2.24) is 9.36 Å². The molecule has 0 saturated carbocycles. The largest absolute Gasteiger partial charge is 0.504 e. The van der Waals surface area contributed by atoms with Crippen molar-refractivity contribution in [1.29, 1.82) is 0 Å². The number of aromatic nitrogens is 2. The summed E-state index contributed by atoms with van der Waals surface area (Å²) in [6, 6.07) is 4.36. The smallest absolute Gasteiger partial charge is 0.263 e. The molecule has 0 aliphatic heterocycles. The molecule has 0 spiro atoms. The predicted molar refractivity (Wildman–Crippen MR) is 61.3 cm³/mol. The Morgan fingerprint density at radius 1 is 1.31 bits per heavy atom. The summed E-state index contributed by atoms with van der Waals surface area (Å²) in [6.45, 7) is 0. The Bertz CT molecular complexity index is 538. The highest BCUT2D eigenvalue weighted by Gasteiger charge is 2.00. The van der Waals surface area contributed by atoms with Gasteiger partial charge in [0.2, 0.25) is 5.13 Å². The summed E-state index contributed by atoms with van der Waals surface area (Å²) in [5.74, 6) is -0.0991. The van der Waals surface area contributed by atoms with Crippen LogP contribution in [0, 0.1) is 0 Å². The van der Waals surface area contributed by atoms with Crippen LogP contribution >= 0.6 is 11.5 Å². The summed E-state index contributed by atoms with van der Waals surface area (Å²) in [7, 11) is 0. The van der Waals surface area contributed by atoms with Gasteiger partial charge in [-0.05, 0) is 23.8 Å². The Balaban J connectivity index is 2.20. The van der Waals surface area contributed by atoms with Crippen LogP contribution in [0.4, 0.5) is 11.1 Å². The lowest BCUT2D eigenvalue weighted by Gasteiger charge is -1.97. The second-order valence-electron chi connectivity index (χ2n) is 2.94. The van der Waals surface area contributed by atoms with Gasteiger partial charge in [0, 0.05) is 17.7 Å². The van der Waals surface area contributed by atoms with Gasteiger partial charge >= 0.3 is 0 Å². The van der Waals surface area contributed by atoms with Gasteiger partial charge in [-0.1, -0.05) is 0 Å². The van der Waals surface area contributed by atoms with Crippen molar-refractivity contribution in [2.75, 3.05) is 5.73 Å². The minimum absolute atomic E-state index is 0.173. The van der Waals surface area contributed by atoms with Crippen molar-refractivity contribution in [2.24, 2.45) is 4.99 Å². The molecule has 1 aromatic heterocycles. The molecule has 82 valence electrons. The number of nitrogens with two attached hydrogens (primary N) is 1. The molecule has 0 radical (unpaired) electrons. The summed E-state index contributed by atoms with van der Waals surface area (Å²) >= 11 is 1.06. The zero-order chi connectivity index (χ0) is 11.5. The highest BCUT2D eigenvalue weighted by molar-refractivity contribution is 7.09. The molecule has 1 aromatic carbocycles. The van der Waals surface area contributed by atoms with Gasteiger partial charge < -0.3 is 15.9 Å². The van der Waals surface area contributed by atoms with E-state index in [4.69, 9.17) is 10.8 Å². The van der Waals surface area contributed by atoms with Gasteiger partial charge in [0.25, 0.3) is 5.95 Å². The van der Waals surface area contributed by atoms with Crippen molar-refractivity contribution >= 4 is 28.8 Å². The maximum absolute atomic E-state index is 9.24. The van der Waals surface area contributed by atoms with Gasteiger partial charge in [-0.2, -0.15) is 4.98 Å². The number of nitrogens with zero attached hydrogens (tertiary/aromatic N) is 3. The number of nitrogen functional groups attached to an aromatic ring is 1. The van der Waals surface area contributed by atoms with E-state index in [1.807, 2.05) is 0 Å². The lowest BCUT2D eigenvalue weighted by atomic mass is 10.2. The average Bonchev–Trinajstić information content (AvgIpc) is 2.66. The Morgan fingerprint density at radius 3 is 2.75 bits per heavy atom. The fourth-order valence-corrected chi connectivity index (χ4v) is 1.42. The van der Waals surface area contributed by atoms with Crippen LogP contribution in [0.2, 0.25) is 0 Å². The third-order valence-electron chi connectivity index (χ3n) is 1.76. The number of phenolic OH excluding ortho intramolecular Hbond substituents is 2. The molecule has 1 heterocycles. The van der Waals surface area contributed by atoms with Crippen LogP contribution in [-0.2, 0) is 0 Å². The fraction of sp³-hybridized carbons (Fsp3) is 0. The van der Waals surface area contributed by atoms with Crippen LogP contribution in [-0.4, -0.2) is 25.8 Å². The Kier molecular flexibility index (Phi) is 2.69. The molecule has 0 saturated heterocycles. The number of hydrogen-bond acceptors (Lipinski definition) is 7. The molecule has 0 unspecified atom stereocenters. The molecule has 7 heteroatoms. The van der Waals surface area contributed by atoms with Gasteiger partial charge in [0.15, 0.2) is 11.5 Å². The van der Waals surface area contributed by atoms with Crippen LogP contribution in [0.25, 0.3) is 0 Å². The van der Waals surface area contributed by atoms with Crippen LogP contribution in [0.5, 0.6) is 11.5 Å². The van der Waals surface area contributed by atoms with Crippen LogP contribution < -0.4 is 5.73 Å². The first kappa shape index (κ1) is 10.4. The van der Waals surface area contributed by atoms with Crippen molar-refractivity contribution in [3.63, 3.8) is 0 Å². The summed E-state index contributed by atoms with van der Waals surface area (Å²) < 4.78 is 3.87. The van der Waals surface area contributed by atoms with E-state index in [1.54, 1.807) is 6.07 Å². The summed E-state index contributed by atoms with van der Waals surface area (Å²) in [6.07, 6.45) is 1.47. The summed E-state index contributed by atoms with van der Waals surface area (Å²) in [5.41, 5.74) is 6.02. The van der Waals surface area contributed by atoms with E-state index >= 15 is 0 Å². The third kappa shape index (κ3) is 2.26. The SMILES string of the molecule is Nc1nc(N=Cc2ccc(O)c(O)c2)ns1. The van der Waals surface area contributed by atoms with Crippen LogP contribution in [0.15, 0.2) is 23.2 Å². The average molecular weight is 236 g/mol. The van der Waals surface area contributed by atoms with E-state index in [1.165, 1.54) is 18.3 Å². The first-order chi connectivity index (χ1) is 7.65. The van der Waals surface area contributed by atoms with E-state index in [2.05, 4.69) is 14.3 Å². The van der Waals surface area contributed by atoms with Crippen molar-refractivity contribution in [2.45, 2.75) is 0 Å². The van der Waals surface area contributed by atoms with Crippen molar-refractivity contribution in [3.8, 4) is 11.5 Å². The molecule has 0 aliphatic carbocycles. The number of phenols is 2. The van der Waals surface area contributed by atoms with E-state index in [-0.39, 0.29) is 17.4 Å². The predicted octanol–water partition coefficient (Wildman–Crippen LogP) is 1.28. The third-order valence-corrected chi connectivity index (χ3v) is 2.29. The standard InChI is InChI=1S/C9H8N4O2S/c10-8-12-9(13-16-8)11-4-5-1-2-6(14)7(15)3-5/h1-4,14-15H,(H2,10,12,13). The molecule has 0 bridgehead atoms. The first-order valence-corrected chi connectivity index (χ1v) is 5.08. The molecule has 6 nitrogen and oxygen atoms in total. The maximum Gasteiger partial charge on any atom is 0.263 e. The molecular formula is C9H8N4O2S. The Morgan fingerprint density at radius 2 is 2.12 bits per heavy atom. The summed E-state index contributed by atoms with van der Waals surface area (Å²) in [4.78, 5) is 7.80. The second kappa shape index (κ2) is 4.15. The quantitative estimate of drug-likeness (QED) is 0.538. The van der Waals surface area contributed by atoms with Gasteiger partial charge in [-0.25, -0.2) is 4.99 Å². The van der Waals surface area contributed by atoms with Gasteiger partial charge in [0.1, 0.15) is 0 Å². The van der Waals surface area contributed by atoms with Gasteiger partial charge in [-0.3, -0.25) is 0 Å². The minimum atomic E-state index is -0.199. The summed E-state index contributed by atoms with van der Waals surface area (Å²) in [5, 5.41) is 18.7. The number of anilines is 1. The molecule has 0 amide bonds. The molecule has 2 rings (SSSR count). The van der Waals surface area contributed by atoms with Crippen molar-refractivity contribution < 1.29 is 10.2 Å².